The Hall–Kier alpha value is -1.46. The third kappa shape index (κ3) is 5.00. The number of piperidine rings is 1. The Kier molecular flexibility index (Phi) is 7.00. The molecule has 1 unspecified atom stereocenters. The van der Waals surface area contributed by atoms with Gasteiger partial charge in [0.25, 0.3) is 10.0 Å². The van der Waals surface area contributed by atoms with Gasteiger partial charge < -0.3 is 4.74 Å². The average molecular weight is 459 g/mol. The second kappa shape index (κ2) is 9.13. The van der Waals surface area contributed by atoms with E-state index in [1.165, 1.54) is 28.8 Å². The summed E-state index contributed by atoms with van der Waals surface area (Å²) < 4.78 is 60.7. The minimum atomic E-state index is -3.68. The molecule has 1 aromatic heterocycles. The maximum absolute atomic E-state index is 12.9. The summed E-state index contributed by atoms with van der Waals surface area (Å²) in [7, 11) is -5.68. The minimum absolute atomic E-state index is 0.169. The Morgan fingerprint density at radius 1 is 1.21 bits per heavy atom. The maximum Gasteiger partial charge on any atom is 0.252 e. The number of hydrogen-bond acceptors (Lipinski definition) is 6. The van der Waals surface area contributed by atoms with E-state index in [2.05, 4.69) is 4.72 Å². The molecule has 1 saturated heterocycles. The summed E-state index contributed by atoms with van der Waals surface area (Å²) in [4.78, 5) is 0.169. The highest BCUT2D eigenvalue weighted by Crippen LogP contribution is 2.29. The minimum Gasteiger partial charge on any atom is -0.496 e. The van der Waals surface area contributed by atoms with Gasteiger partial charge in [-0.2, -0.15) is 4.31 Å². The summed E-state index contributed by atoms with van der Waals surface area (Å²) in [5, 5.41) is 1.75. The number of sulfonamides is 2. The van der Waals surface area contributed by atoms with Crippen LogP contribution in [0.15, 0.2) is 44.8 Å². The van der Waals surface area contributed by atoms with E-state index in [4.69, 9.17) is 4.74 Å². The van der Waals surface area contributed by atoms with E-state index >= 15 is 0 Å². The molecule has 1 atom stereocenters. The topological polar surface area (TPSA) is 92.8 Å². The number of nitrogens with zero attached hydrogens (tertiary/aromatic N) is 1. The molecule has 0 radical (unpaired) electrons. The van der Waals surface area contributed by atoms with Crippen molar-refractivity contribution in [1.29, 1.82) is 0 Å². The van der Waals surface area contributed by atoms with Gasteiger partial charge in [0.05, 0.1) is 12.0 Å². The molecule has 0 bridgehead atoms. The van der Waals surface area contributed by atoms with Crippen molar-refractivity contribution in [3.8, 4) is 5.75 Å². The van der Waals surface area contributed by atoms with Gasteiger partial charge in [-0.3, -0.25) is 0 Å². The zero-order valence-electron chi connectivity index (χ0n) is 16.5. The lowest BCUT2D eigenvalue weighted by Gasteiger charge is -2.34. The van der Waals surface area contributed by atoms with Gasteiger partial charge in [-0.05, 0) is 61.4 Å². The lowest BCUT2D eigenvalue weighted by atomic mass is 10.0. The van der Waals surface area contributed by atoms with E-state index in [9.17, 15) is 16.8 Å². The van der Waals surface area contributed by atoms with Crippen LogP contribution in [0, 0.1) is 6.92 Å². The van der Waals surface area contributed by atoms with E-state index in [1.54, 1.807) is 36.6 Å². The Labute approximate surface area is 176 Å². The van der Waals surface area contributed by atoms with Crippen LogP contribution in [0.25, 0.3) is 0 Å². The SMILES string of the molecule is COc1ccc(S(=O)(=O)NCCC2CCCCN2S(=O)(=O)c2cccs2)cc1C. The van der Waals surface area contributed by atoms with Gasteiger partial charge in [0.2, 0.25) is 10.0 Å². The molecular formula is C19H26N2O5S3. The molecule has 2 aromatic rings. The van der Waals surface area contributed by atoms with Crippen molar-refractivity contribution in [2.45, 2.75) is 47.8 Å². The first-order valence-electron chi connectivity index (χ1n) is 9.45. The Bertz CT molecular complexity index is 1030. The fraction of sp³-hybridized carbons (Fsp3) is 0.474. The predicted molar refractivity (Wildman–Crippen MR) is 113 cm³/mol. The first kappa shape index (κ1) is 22.2. The number of benzene rings is 1. The third-order valence-corrected chi connectivity index (χ3v) is 9.86. The number of hydrogen-bond donors (Lipinski definition) is 1. The maximum atomic E-state index is 12.9. The first-order valence-corrected chi connectivity index (χ1v) is 13.3. The highest BCUT2D eigenvalue weighted by atomic mass is 32.2. The average Bonchev–Trinajstić information content (AvgIpc) is 3.24. The van der Waals surface area contributed by atoms with Crippen molar-refractivity contribution in [1.82, 2.24) is 9.03 Å². The van der Waals surface area contributed by atoms with Gasteiger partial charge in [-0.1, -0.05) is 12.5 Å². The molecule has 29 heavy (non-hydrogen) atoms. The monoisotopic (exact) mass is 458 g/mol. The van der Waals surface area contributed by atoms with Crippen LogP contribution in [-0.4, -0.2) is 47.4 Å². The second-order valence-corrected chi connectivity index (χ2v) is 11.8. The third-order valence-electron chi connectivity index (χ3n) is 5.08. The van der Waals surface area contributed by atoms with Crippen LogP contribution in [0.3, 0.4) is 0 Å². The summed E-state index contributed by atoms with van der Waals surface area (Å²) in [5.74, 6) is 0.626. The van der Waals surface area contributed by atoms with Crippen molar-refractivity contribution >= 4 is 31.4 Å². The molecule has 0 saturated carbocycles. The van der Waals surface area contributed by atoms with Crippen molar-refractivity contribution in [3.63, 3.8) is 0 Å². The quantitative estimate of drug-likeness (QED) is 0.656. The van der Waals surface area contributed by atoms with E-state index < -0.39 is 20.0 Å². The molecular weight excluding hydrogens is 432 g/mol. The van der Waals surface area contributed by atoms with E-state index in [-0.39, 0.29) is 17.5 Å². The standard InChI is InChI=1S/C19H26N2O5S3/c1-15-14-17(8-9-18(15)26-2)28(22,23)20-11-10-16-6-3-4-12-21(16)29(24,25)19-7-5-13-27-19/h5,7-9,13-14,16,20H,3-4,6,10-12H2,1-2H3. The fourth-order valence-corrected chi connectivity index (χ4v) is 7.54. The van der Waals surface area contributed by atoms with Gasteiger partial charge in [0, 0.05) is 19.1 Å². The number of nitrogens with one attached hydrogen (secondary N) is 1. The summed E-state index contributed by atoms with van der Waals surface area (Å²) >= 11 is 1.20. The van der Waals surface area contributed by atoms with Crippen molar-refractivity contribution in [2.75, 3.05) is 20.2 Å². The van der Waals surface area contributed by atoms with Gasteiger partial charge in [0.1, 0.15) is 9.96 Å². The highest BCUT2D eigenvalue weighted by molar-refractivity contribution is 7.91. The molecule has 3 rings (SSSR count). The van der Waals surface area contributed by atoms with Crippen molar-refractivity contribution in [3.05, 3.63) is 41.3 Å². The fourth-order valence-electron chi connectivity index (χ4n) is 3.57. The Balaban J connectivity index is 1.67. The van der Waals surface area contributed by atoms with Crippen molar-refractivity contribution < 1.29 is 21.6 Å². The molecule has 2 heterocycles. The van der Waals surface area contributed by atoms with Crippen LogP contribution >= 0.6 is 11.3 Å². The molecule has 160 valence electrons. The number of methoxy groups -OCH3 is 1. The first-order chi connectivity index (χ1) is 13.8. The van der Waals surface area contributed by atoms with Gasteiger partial charge in [0.15, 0.2) is 0 Å². The zero-order valence-corrected chi connectivity index (χ0v) is 18.9. The largest absolute Gasteiger partial charge is 0.496 e. The van der Waals surface area contributed by atoms with Crippen LogP contribution in [0.2, 0.25) is 0 Å². The number of aryl methyl sites for hydroxylation is 1. The predicted octanol–water partition coefficient (Wildman–Crippen LogP) is 2.98. The molecule has 0 spiro atoms. The van der Waals surface area contributed by atoms with Crippen LogP contribution in [0.4, 0.5) is 0 Å². The zero-order chi connectivity index (χ0) is 21.1. The van der Waals surface area contributed by atoms with Crippen molar-refractivity contribution in [2.24, 2.45) is 0 Å². The summed E-state index contributed by atoms with van der Waals surface area (Å²) in [6, 6.07) is 7.82. The molecule has 1 aromatic carbocycles. The lowest BCUT2D eigenvalue weighted by molar-refractivity contribution is 0.242. The van der Waals surface area contributed by atoms with E-state index in [1.807, 2.05) is 0 Å². The Morgan fingerprint density at radius 2 is 2.00 bits per heavy atom. The molecule has 1 aliphatic rings. The summed E-state index contributed by atoms with van der Waals surface area (Å²) in [6.07, 6.45) is 2.91. The van der Waals surface area contributed by atoms with Gasteiger partial charge >= 0.3 is 0 Å². The molecule has 0 amide bonds. The van der Waals surface area contributed by atoms with Crippen LogP contribution in [-0.2, 0) is 20.0 Å². The Morgan fingerprint density at radius 3 is 2.66 bits per heavy atom. The molecule has 1 N–H and O–H groups in total. The smallest absolute Gasteiger partial charge is 0.252 e. The van der Waals surface area contributed by atoms with Gasteiger partial charge in [-0.25, -0.2) is 21.6 Å². The van der Waals surface area contributed by atoms with Gasteiger partial charge in [-0.15, -0.1) is 11.3 Å². The second-order valence-electron chi connectivity index (χ2n) is 7.02. The van der Waals surface area contributed by atoms with Crippen LogP contribution < -0.4 is 9.46 Å². The van der Waals surface area contributed by atoms with Crippen LogP contribution in [0.1, 0.15) is 31.2 Å². The molecule has 1 fully saturated rings. The van der Waals surface area contributed by atoms with E-state index in [0.29, 0.717) is 22.9 Å². The normalized spacial score (nSPS) is 18.6. The summed E-state index contributed by atoms with van der Waals surface area (Å²) in [6.45, 7) is 2.43. The number of ether oxygens (including phenoxy) is 1. The summed E-state index contributed by atoms with van der Waals surface area (Å²) in [5.41, 5.74) is 0.732. The molecule has 10 heteroatoms. The van der Waals surface area contributed by atoms with E-state index in [0.717, 1.165) is 24.8 Å². The van der Waals surface area contributed by atoms with Crippen LogP contribution in [0.5, 0.6) is 5.75 Å². The lowest BCUT2D eigenvalue weighted by Crippen LogP contribution is -2.44. The molecule has 1 aliphatic heterocycles. The molecule has 7 nitrogen and oxygen atoms in total. The number of thiophene rings is 1. The highest BCUT2D eigenvalue weighted by Gasteiger charge is 2.34. The molecule has 0 aliphatic carbocycles. The number of rotatable bonds is 8.